The van der Waals surface area contributed by atoms with E-state index >= 15 is 0 Å². The molecule has 0 fully saturated rings. The number of nitrogens with one attached hydrogen (secondary N) is 1. The number of aromatic nitrogens is 1. The number of hydrogen-bond donors (Lipinski definition) is 2. The van der Waals surface area contributed by atoms with Crippen molar-refractivity contribution in [2.24, 2.45) is 5.16 Å². The first kappa shape index (κ1) is 9.20. The molecule has 0 aliphatic rings. The first-order valence-electron chi connectivity index (χ1n) is 4.15. The van der Waals surface area contributed by atoms with Crippen LogP contribution in [0.4, 0.5) is 5.69 Å². The highest BCUT2D eigenvalue weighted by molar-refractivity contribution is 5.99. The van der Waals surface area contributed by atoms with Crippen LogP contribution in [0.3, 0.4) is 0 Å². The molecule has 0 amide bonds. The highest BCUT2D eigenvalue weighted by Gasteiger charge is 2.09. The van der Waals surface area contributed by atoms with Crippen LogP contribution in [0.2, 0.25) is 0 Å². The molecule has 2 N–H and O–H groups in total. The monoisotopic (exact) mass is 205 g/mol. The Morgan fingerprint density at radius 3 is 3.00 bits per heavy atom. The number of oxime groups is 1. The normalized spacial score (nSPS) is 11.2. The predicted molar refractivity (Wildman–Crippen MR) is 54.3 cm³/mol. The van der Waals surface area contributed by atoms with E-state index in [0.717, 1.165) is 5.52 Å². The van der Waals surface area contributed by atoms with Crippen molar-refractivity contribution in [2.45, 2.75) is 0 Å². The number of hydrogen-bond acceptors (Lipinski definition) is 4. The summed E-state index contributed by atoms with van der Waals surface area (Å²) in [6.45, 7) is 0. The molecule has 6 heteroatoms. The molecule has 0 aliphatic carbocycles. The lowest BCUT2D eigenvalue weighted by Crippen LogP contribution is -1.87. The van der Waals surface area contributed by atoms with Gasteiger partial charge in [-0.2, -0.15) is 0 Å². The van der Waals surface area contributed by atoms with Crippen molar-refractivity contribution in [1.82, 2.24) is 4.98 Å². The fraction of sp³-hybridized carbons (Fsp3) is 0. The quantitative estimate of drug-likeness (QED) is 0.339. The number of nitrogens with zero attached hydrogens (tertiary/aromatic N) is 2. The molecular weight excluding hydrogens is 198 g/mol. The van der Waals surface area contributed by atoms with Gasteiger partial charge in [-0.15, -0.1) is 0 Å². The molecule has 0 radical (unpaired) electrons. The van der Waals surface area contributed by atoms with Crippen LogP contribution in [0.1, 0.15) is 5.56 Å². The Morgan fingerprint density at radius 1 is 1.53 bits per heavy atom. The second kappa shape index (κ2) is 3.41. The van der Waals surface area contributed by atoms with Gasteiger partial charge in [0.15, 0.2) is 0 Å². The van der Waals surface area contributed by atoms with Crippen molar-refractivity contribution < 1.29 is 10.1 Å². The first-order valence-corrected chi connectivity index (χ1v) is 4.15. The molecule has 0 unspecified atom stereocenters. The summed E-state index contributed by atoms with van der Waals surface area (Å²) in [6.07, 6.45) is 2.84. The minimum atomic E-state index is -0.466. The van der Waals surface area contributed by atoms with Crippen LogP contribution in [-0.2, 0) is 0 Å². The molecule has 76 valence electrons. The van der Waals surface area contributed by atoms with Crippen LogP contribution in [0.15, 0.2) is 29.6 Å². The number of nitro benzene ring substituents is 1. The number of H-pyrrole nitrogens is 1. The molecule has 0 bridgehead atoms. The van der Waals surface area contributed by atoms with Crippen molar-refractivity contribution in [3.63, 3.8) is 0 Å². The van der Waals surface area contributed by atoms with E-state index in [4.69, 9.17) is 5.21 Å². The molecule has 2 rings (SSSR count). The molecule has 0 atom stereocenters. The molecule has 0 spiro atoms. The molecule has 0 saturated carbocycles. The van der Waals surface area contributed by atoms with E-state index in [1.807, 2.05) is 0 Å². The Bertz CT molecular complexity index is 545. The third-order valence-corrected chi connectivity index (χ3v) is 2.10. The Balaban J connectivity index is 2.66. The van der Waals surface area contributed by atoms with Gasteiger partial charge in [0.2, 0.25) is 0 Å². The van der Waals surface area contributed by atoms with Crippen LogP contribution < -0.4 is 0 Å². The molecule has 2 aromatic rings. The van der Waals surface area contributed by atoms with Gasteiger partial charge in [0.1, 0.15) is 0 Å². The Kier molecular flexibility index (Phi) is 2.09. The topological polar surface area (TPSA) is 91.5 Å². The zero-order valence-corrected chi connectivity index (χ0v) is 7.54. The Hall–Kier alpha value is -2.37. The maximum atomic E-state index is 10.5. The van der Waals surface area contributed by atoms with E-state index < -0.39 is 4.92 Å². The van der Waals surface area contributed by atoms with Crippen LogP contribution >= 0.6 is 0 Å². The van der Waals surface area contributed by atoms with Gasteiger partial charge in [-0.05, 0) is 6.07 Å². The molecule has 15 heavy (non-hydrogen) atoms. The van der Waals surface area contributed by atoms with E-state index in [0.29, 0.717) is 10.9 Å². The van der Waals surface area contributed by atoms with Crippen molar-refractivity contribution in [3.8, 4) is 0 Å². The summed E-state index contributed by atoms with van der Waals surface area (Å²) in [5.41, 5.74) is 1.38. The number of aromatic amines is 1. The highest BCUT2D eigenvalue weighted by atomic mass is 16.6. The molecule has 0 aliphatic heterocycles. The highest BCUT2D eigenvalue weighted by Crippen LogP contribution is 2.22. The molecule has 0 saturated heterocycles. The molecule has 6 nitrogen and oxygen atoms in total. The summed E-state index contributed by atoms with van der Waals surface area (Å²) in [7, 11) is 0. The van der Waals surface area contributed by atoms with Gasteiger partial charge < -0.3 is 10.2 Å². The van der Waals surface area contributed by atoms with E-state index in [-0.39, 0.29) is 5.69 Å². The first-order chi connectivity index (χ1) is 7.22. The third-order valence-electron chi connectivity index (χ3n) is 2.10. The number of non-ortho nitro benzene ring substituents is 1. The number of nitro groups is 1. The standard InChI is InChI=1S/C9H7N3O3/c13-11-5-6-4-10-9-2-1-7(12(14)15)3-8(6)9/h1-5,10,13H/b11-5-. The SMILES string of the molecule is O=[N+]([O-])c1ccc2[nH]cc(/C=N\O)c2c1. The number of benzene rings is 1. The second-order valence-corrected chi connectivity index (χ2v) is 2.98. The van der Waals surface area contributed by atoms with Crippen LogP contribution in [-0.4, -0.2) is 21.3 Å². The lowest BCUT2D eigenvalue weighted by molar-refractivity contribution is -0.384. The molecule has 1 aromatic carbocycles. The molecular formula is C9H7N3O3. The summed E-state index contributed by atoms with van der Waals surface area (Å²) >= 11 is 0. The largest absolute Gasteiger partial charge is 0.411 e. The van der Waals surface area contributed by atoms with Gasteiger partial charge in [0, 0.05) is 34.8 Å². The van der Waals surface area contributed by atoms with Gasteiger partial charge in [-0.25, -0.2) is 0 Å². The Morgan fingerprint density at radius 2 is 2.33 bits per heavy atom. The van der Waals surface area contributed by atoms with E-state index in [1.165, 1.54) is 18.3 Å². The molecule has 1 heterocycles. The predicted octanol–water partition coefficient (Wildman–Crippen LogP) is 1.88. The second-order valence-electron chi connectivity index (χ2n) is 2.98. The smallest absolute Gasteiger partial charge is 0.270 e. The minimum absolute atomic E-state index is 0.00897. The van der Waals surface area contributed by atoms with Gasteiger partial charge in [0.25, 0.3) is 5.69 Å². The van der Waals surface area contributed by atoms with Crippen molar-refractivity contribution in [2.75, 3.05) is 0 Å². The van der Waals surface area contributed by atoms with Crippen LogP contribution in [0.25, 0.3) is 10.9 Å². The summed E-state index contributed by atoms with van der Waals surface area (Å²) in [6, 6.07) is 4.46. The lowest BCUT2D eigenvalue weighted by atomic mass is 10.2. The maximum absolute atomic E-state index is 10.5. The number of rotatable bonds is 2. The lowest BCUT2D eigenvalue weighted by Gasteiger charge is -1.92. The van der Waals surface area contributed by atoms with Gasteiger partial charge in [-0.1, -0.05) is 5.16 Å². The van der Waals surface area contributed by atoms with Gasteiger partial charge in [0.05, 0.1) is 11.1 Å². The zero-order chi connectivity index (χ0) is 10.8. The average Bonchev–Trinajstić information content (AvgIpc) is 2.61. The van der Waals surface area contributed by atoms with Crippen molar-refractivity contribution in [1.29, 1.82) is 0 Å². The minimum Gasteiger partial charge on any atom is -0.411 e. The van der Waals surface area contributed by atoms with Crippen LogP contribution in [0, 0.1) is 10.1 Å². The fourth-order valence-electron chi connectivity index (χ4n) is 1.41. The summed E-state index contributed by atoms with van der Waals surface area (Å²) in [5, 5.41) is 22.5. The number of fused-ring (bicyclic) bond motifs is 1. The average molecular weight is 205 g/mol. The van der Waals surface area contributed by atoms with Gasteiger partial charge in [-0.3, -0.25) is 10.1 Å². The van der Waals surface area contributed by atoms with E-state index in [2.05, 4.69) is 10.1 Å². The maximum Gasteiger partial charge on any atom is 0.270 e. The third kappa shape index (κ3) is 1.52. The van der Waals surface area contributed by atoms with E-state index in [1.54, 1.807) is 12.3 Å². The Labute approximate surface area is 84.0 Å². The van der Waals surface area contributed by atoms with Crippen LogP contribution in [0.5, 0.6) is 0 Å². The van der Waals surface area contributed by atoms with E-state index in [9.17, 15) is 10.1 Å². The summed E-state index contributed by atoms with van der Waals surface area (Å²) in [4.78, 5) is 13.0. The van der Waals surface area contributed by atoms with Crippen molar-refractivity contribution in [3.05, 3.63) is 40.1 Å². The van der Waals surface area contributed by atoms with Crippen molar-refractivity contribution >= 4 is 22.8 Å². The summed E-state index contributed by atoms with van der Waals surface area (Å²) in [5.74, 6) is 0. The zero-order valence-electron chi connectivity index (χ0n) is 7.54. The summed E-state index contributed by atoms with van der Waals surface area (Å²) < 4.78 is 0. The van der Waals surface area contributed by atoms with Gasteiger partial charge >= 0.3 is 0 Å². The fourth-order valence-corrected chi connectivity index (χ4v) is 1.41. The molecule has 1 aromatic heterocycles.